The molecule has 0 aliphatic carbocycles. The van der Waals surface area contributed by atoms with Crippen LogP contribution in [0, 0.1) is 6.92 Å². The van der Waals surface area contributed by atoms with Crippen molar-refractivity contribution in [3.63, 3.8) is 0 Å². The summed E-state index contributed by atoms with van der Waals surface area (Å²) >= 11 is 1.11. The molecule has 0 saturated carbocycles. The van der Waals surface area contributed by atoms with E-state index in [1.807, 2.05) is 61.5 Å². The molecule has 27 heavy (non-hydrogen) atoms. The number of rotatable bonds is 6. The SMILES string of the molecule is Cc1ccc(NC(=O)c2cc(S(=O)(=O)N(C)Cc3ccccc3)cs2)cc1. The summed E-state index contributed by atoms with van der Waals surface area (Å²) in [7, 11) is -2.13. The fourth-order valence-electron chi connectivity index (χ4n) is 2.51. The van der Waals surface area contributed by atoms with Crippen molar-refractivity contribution in [3.8, 4) is 0 Å². The summed E-state index contributed by atoms with van der Waals surface area (Å²) in [4.78, 5) is 12.9. The number of nitrogens with zero attached hydrogens (tertiary/aromatic N) is 1. The maximum atomic E-state index is 12.8. The number of sulfonamides is 1. The highest BCUT2D eigenvalue weighted by molar-refractivity contribution is 7.89. The topological polar surface area (TPSA) is 66.5 Å². The molecule has 0 aliphatic rings. The van der Waals surface area contributed by atoms with Crippen LogP contribution >= 0.6 is 11.3 Å². The predicted molar refractivity (Wildman–Crippen MR) is 109 cm³/mol. The molecule has 1 N–H and O–H groups in total. The van der Waals surface area contributed by atoms with Gasteiger partial charge in [0.25, 0.3) is 5.91 Å². The van der Waals surface area contributed by atoms with E-state index in [2.05, 4.69) is 5.32 Å². The van der Waals surface area contributed by atoms with E-state index in [0.29, 0.717) is 10.6 Å². The molecular weight excluding hydrogens is 380 g/mol. The summed E-state index contributed by atoms with van der Waals surface area (Å²) in [5.41, 5.74) is 2.67. The standard InChI is InChI=1S/C20H20N2O3S2/c1-15-8-10-17(11-9-15)21-20(23)19-12-18(14-26-19)27(24,25)22(2)13-16-6-4-3-5-7-16/h3-12,14H,13H2,1-2H3,(H,21,23). The van der Waals surface area contributed by atoms with Crippen LogP contribution in [-0.4, -0.2) is 25.7 Å². The average Bonchev–Trinajstić information content (AvgIpc) is 3.15. The van der Waals surface area contributed by atoms with Gasteiger partial charge in [-0.2, -0.15) is 4.31 Å². The van der Waals surface area contributed by atoms with E-state index in [1.54, 1.807) is 0 Å². The summed E-state index contributed by atoms with van der Waals surface area (Å²) in [6, 6.07) is 18.2. The molecule has 0 spiro atoms. The van der Waals surface area contributed by atoms with E-state index in [9.17, 15) is 13.2 Å². The molecule has 0 aliphatic heterocycles. The lowest BCUT2D eigenvalue weighted by molar-refractivity contribution is 0.103. The van der Waals surface area contributed by atoms with Gasteiger partial charge in [-0.05, 0) is 30.7 Å². The van der Waals surface area contributed by atoms with E-state index in [-0.39, 0.29) is 17.3 Å². The van der Waals surface area contributed by atoms with Gasteiger partial charge >= 0.3 is 0 Å². The lowest BCUT2D eigenvalue weighted by atomic mass is 10.2. The summed E-state index contributed by atoms with van der Waals surface area (Å²) in [6.45, 7) is 2.23. The second-order valence-electron chi connectivity index (χ2n) is 6.21. The Balaban J connectivity index is 1.73. The van der Waals surface area contributed by atoms with Gasteiger partial charge in [0, 0.05) is 24.7 Å². The lowest BCUT2D eigenvalue weighted by Crippen LogP contribution is -2.26. The molecule has 1 aromatic heterocycles. The van der Waals surface area contributed by atoms with Gasteiger partial charge in [-0.15, -0.1) is 11.3 Å². The van der Waals surface area contributed by atoms with Crippen LogP contribution in [-0.2, 0) is 16.6 Å². The van der Waals surface area contributed by atoms with Crippen molar-refractivity contribution in [2.45, 2.75) is 18.4 Å². The second-order valence-corrected chi connectivity index (χ2v) is 9.17. The smallest absolute Gasteiger partial charge is 0.265 e. The quantitative estimate of drug-likeness (QED) is 0.677. The van der Waals surface area contributed by atoms with Crippen LogP contribution in [0.1, 0.15) is 20.8 Å². The third kappa shape index (κ3) is 4.63. The van der Waals surface area contributed by atoms with Crippen molar-refractivity contribution < 1.29 is 13.2 Å². The van der Waals surface area contributed by atoms with Crippen LogP contribution < -0.4 is 5.32 Å². The molecule has 7 heteroatoms. The van der Waals surface area contributed by atoms with Crippen LogP contribution in [0.5, 0.6) is 0 Å². The van der Waals surface area contributed by atoms with E-state index < -0.39 is 10.0 Å². The third-order valence-electron chi connectivity index (χ3n) is 4.06. The van der Waals surface area contributed by atoms with Gasteiger partial charge in [-0.25, -0.2) is 8.42 Å². The first-order valence-corrected chi connectivity index (χ1v) is 10.6. The Hall–Kier alpha value is -2.48. The number of nitrogens with one attached hydrogen (secondary N) is 1. The number of hydrogen-bond acceptors (Lipinski definition) is 4. The van der Waals surface area contributed by atoms with Gasteiger partial charge < -0.3 is 5.32 Å². The Labute approximate surface area is 163 Å². The molecule has 5 nitrogen and oxygen atoms in total. The number of carbonyl (C=O) groups is 1. The monoisotopic (exact) mass is 400 g/mol. The molecule has 0 atom stereocenters. The Kier molecular flexibility index (Phi) is 5.74. The van der Waals surface area contributed by atoms with Gasteiger partial charge in [-0.1, -0.05) is 48.0 Å². The van der Waals surface area contributed by atoms with Crippen LogP contribution in [0.4, 0.5) is 5.69 Å². The molecule has 0 radical (unpaired) electrons. The number of anilines is 1. The first kappa shape index (κ1) is 19.3. The van der Waals surface area contributed by atoms with Crippen LogP contribution in [0.2, 0.25) is 0 Å². The lowest BCUT2D eigenvalue weighted by Gasteiger charge is -2.16. The van der Waals surface area contributed by atoms with Crippen molar-refractivity contribution in [1.82, 2.24) is 4.31 Å². The number of amides is 1. The minimum atomic E-state index is -3.66. The highest BCUT2D eigenvalue weighted by atomic mass is 32.2. The highest BCUT2D eigenvalue weighted by Gasteiger charge is 2.23. The summed E-state index contributed by atoms with van der Waals surface area (Å²) in [5, 5.41) is 4.28. The van der Waals surface area contributed by atoms with Crippen molar-refractivity contribution in [2.24, 2.45) is 0 Å². The fourth-order valence-corrected chi connectivity index (χ4v) is 4.82. The van der Waals surface area contributed by atoms with E-state index in [0.717, 1.165) is 22.5 Å². The van der Waals surface area contributed by atoms with E-state index >= 15 is 0 Å². The molecule has 0 unspecified atom stereocenters. The molecule has 3 rings (SSSR count). The normalized spacial score (nSPS) is 11.5. The summed E-state index contributed by atoms with van der Waals surface area (Å²) in [6.07, 6.45) is 0. The molecule has 1 heterocycles. The molecule has 0 bridgehead atoms. The molecule has 0 saturated heterocycles. The average molecular weight is 401 g/mol. The highest BCUT2D eigenvalue weighted by Crippen LogP contribution is 2.24. The zero-order valence-corrected chi connectivity index (χ0v) is 16.7. The van der Waals surface area contributed by atoms with Gasteiger partial charge in [0.1, 0.15) is 0 Å². The largest absolute Gasteiger partial charge is 0.321 e. The van der Waals surface area contributed by atoms with Gasteiger partial charge in [0.2, 0.25) is 10.0 Å². The predicted octanol–water partition coefficient (Wildman–Crippen LogP) is 4.13. The Morgan fingerprint density at radius 2 is 1.74 bits per heavy atom. The fraction of sp³-hybridized carbons (Fsp3) is 0.150. The maximum Gasteiger partial charge on any atom is 0.265 e. The summed E-state index contributed by atoms with van der Waals surface area (Å²) in [5.74, 6) is -0.323. The zero-order chi connectivity index (χ0) is 19.4. The molecular formula is C20H20N2O3S2. The van der Waals surface area contributed by atoms with Gasteiger partial charge in [0.15, 0.2) is 0 Å². The number of hydrogen-bond donors (Lipinski definition) is 1. The maximum absolute atomic E-state index is 12.8. The first-order chi connectivity index (χ1) is 12.9. The molecule has 3 aromatic rings. The molecule has 2 aromatic carbocycles. The van der Waals surface area contributed by atoms with Crippen molar-refractivity contribution in [3.05, 3.63) is 82.0 Å². The van der Waals surface area contributed by atoms with Crippen LogP contribution in [0.25, 0.3) is 0 Å². The minimum Gasteiger partial charge on any atom is -0.321 e. The Morgan fingerprint density at radius 3 is 2.41 bits per heavy atom. The van der Waals surface area contributed by atoms with E-state index in [1.165, 1.54) is 22.8 Å². The summed E-state index contributed by atoms with van der Waals surface area (Å²) < 4.78 is 26.8. The molecule has 140 valence electrons. The van der Waals surface area contributed by atoms with Crippen molar-refractivity contribution in [2.75, 3.05) is 12.4 Å². The van der Waals surface area contributed by atoms with Crippen LogP contribution in [0.3, 0.4) is 0 Å². The molecule has 1 amide bonds. The third-order valence-corrected chi connectivity index (χ3v) is 6.92. The second kappa shape index (κ2) is 8.04. The zero-order valence-electron chi connectivity index (χ0n) is 15.0. The Morgan fingerprint density at radius 1 is 1.07 bits per heavy atom. The van der Waals surface area contributed by atoms with Crippen molar-refractivity contribution in [1.29, 1.82) is 0 Å². The van der Waals surface area contributed by atoms with E-state index in [4.69, 9.17) is 0 Å². The number of benzene rings is 2. The van der Waals surface area contributed by atoms with Crippen molar-refractivity contribution >= 4 is 33.0 Å². The number of carbonyl (C=O) groups excluding carboxylic acids is 1. The number of thiophene rings is 1. The van der Waals surface area contributed by atoms with Gasteiger partial charge in [-0.3, -0.25) is 4.79 Å². The number of aryl methyl sites for hydroxylation is 1. The first-order valence-electron chi connectivity index (χ1n) is 8.33. The Bertz CT molecular complexity index is 1030. The van der Waals surface area contributed by atoms with Gasteiger partial charge in [0.05, 0.1) is 9.77 Å². The molecule has 0 fully saturated rings. The van der Waals surface area contributed by atoms with Crippen LogP contribution in [0.15, 0.2) is 70.9 Å². The minimum absolute atomic E-state index is 0.125.